The van der Waals surface area contributed by atoms with Crippen molar-refractivity contribution in [1.29, 1.82) is 0 Å². The molecule has 2 heterocycles. The van der Waals surface area contributed by atoms with Crippen molar-refractivity contribution in [3.8, 4) is 0 Å². The van der Waals surface area contributed by atoms with Crippen molar-refractivity contribution in [2.75, 3.05) is 20.1 Å². The Hall–Kier alpha value is -2.20. The highest BCUT2D eigenvalue weighted by atomic mass is 16.2. The predicted octanol–water partition coefficient (Wildman–Crippen LogP) is 4.07. The van der Waals surface area contributed by atoms with Gasteiger partial charge in [-0.05, 0) is 69.3 Å². The molecule has 1 aliphatic carbocycles. The van der Waals surface area contributed by atoms with Gasteiger partial charge in [0.2, 0.25) is 0 Å². The van der Waals surface area contributed by atoms with Gasteiger partial charge in [0.25, 0.3) is 5.91 Å². The van der Waals surface area contributed by atoms with E-state index in [0.29, 0.717) is 17.9 Å². The van der Waals surface area contributed by atoms with Gasteiger partial charge in [-0.15, -0.1) is 0 Å². The maximum absolute atomic E-state index is 13.2. The molecule has 3 unspecified atom stereocenters. The first-order valence-corrected chi connectivity index (χ1v) is 10.5. The molecule has 148 valence electrons. The van der Waals surface area contributed by atoms with Crippen LogP contribution in [-0.4, -0.2) is 46.9 Å². The molecular weight excluding hydrogens is 346 g/mol. The van der Waals surface area contributed by atoms with Crippen LogP contribution in [0.5, 0.6) is 0 Å². The summed E-state index contributed by atoms with van der Waals surface area (Å²) in [5.74, 6) is 1.41. The summed E-state index contributed by atoms with van der Waals surface area (Å²) in [5, 5.41) is 0. The van der Waals surface area contributed by atoms with Crippen LogP contribution in [0.4, 0.5) is 0 Å². The Labute approximate surface area is 168 Å². The smallest absolute Gasteiger partial charge is 0.253 e. The third-order valence-electron chi connectivity index (χ3n) is 6.54. The Bertz CT molecular complexity index is 815. The van der Waals surface area contributed by atoms with E-state index < -0.39 is 0 Å². The lowest BCUT2D eigenvalue weighted by Gasteiger charge is -2.39. The highest BCUT2D eigenvalue weighted by molar-refractivity contribution is 5.94. The summed E-state index contributed by atoms with van der Waals surface area (Å²) in [4.78, 5) is 22.0. The number of fused-ring (bicyclic) bond motifs is 1. The average molecular weight is 378 g/mol. The molecule has 28 heavy (non-hydrogen) atoms. The molecule has 2 fully saturated rings. The van der Waals surface area contributed by atoms with Crippen LogP contribution in [0, 0.1) is 25.7 Å². The van der Waals surface area contributed by atoms with Crippen molar-refractivity contribution in [1.82, 2.24) is 14.8 Å². The van der Waals surface area contributed by atoms with Gasteiger partial charge < -0.3 is 4.90 Å². The molecular formula is C24H31N3O. The minimum absolute atomic E-state index is 0.204. The van der Waals surface area contributed by atoms with Crippen molar-refractivity contribution >= 4 is 5.91 Å². The van der Waals surface area contributed by atoms with Crippen LogP contribution >= 0.6 is 0 Å². The highest BCUT2D eigenvalue weighted by Crippen LogP contribution is 2.39. The lowest BCUT2D eigenvalue weighted by atomic mass is 9.77. The second kappa shape index (κ2) is 8.04. The molecule has 0 spiro atoms. The van der Waals surface area contributed by atoms with E-state index in [0.717, 1.165) is 36.3 Å². The van der Waals surface area contributed by atoms with E-state index in [4.69, 9.17) is 0 Å². The molecule has 0 N–H and O–H groups in total. The van der Waals surface area contributed by atoms with E-state index in [2.05, 4.69) is 47.8 Å². The summed E-state index contributed by atoms with van der Waals surface area (Å²) in [6.07, 6.45) is 7.52. The minimum atomic E-state index is 0.204. The lowest BCUT2D eigenvalue weighted by molar-refractivity contribution is 0.0770. The molecule has 1 aromatic heterocycles. The molecule has 4 rings (SSSR count). The molecule has 0 bridgehead atoms. The summed E-state index contributed by atoms with van der Waals surface area (Å²) in [6.45, 7) is 6.85. The maximum Gasteiger partial charge on any atom is 0.253 e. The molecule has 1 aromatic carbocycles. The normalized spacial score (nSPS) is 24.4. The van der Waals surface area contributed by atoms with Crippen LogP contribution in [0.1, 0.15) is 46.3 Å². The standard InChI is InChI=1S/C24H31N3O/c1-17-10-18(2)12-21(11-17)24(28)27-15-20-7-4-8-23(22(20)16-27)26(3)14-19-6-5-9-25-13-19/h5-6,9-13,20,22-23H,4,7-8,14-16H2,1-3H3. The zero-order chi connectivity index (χ0) is 19.7. The average Bonchev–Trinajstić information content (AvgIpc) is 3.11. The van der Waals surface area contributed by atoms with Gasteiger partial charge in [-0.25, -0.2) is 0 Å². The maximum atomic E-state index is 13.2. The van der Waals surface area contributed by atoms with Gasteiger partial charge in [-0.2, -0.15) is 0 Å². The van der Waals surface area contributed by atoms with E-state index in [1.807, 2.05) is 30.6 Å². The van der Waals surface area contributed by atoms with Gasteiger partial charge >= 0.3 is 0 Å². The number of rotatable bonds is 4. The van der Waals surface area contributed by atoms with Crippen LogP contribution in [0.15, 0.2) is 42.7 Å². The van der Waals surface area contributed by atoms with Crippen LogP contribution in [0.2, 0.25) is 0 Å². The van der Waals surface area contributed by atoms with E-state index >= 15 is 0 Å². The minimum Gasteiger partial charge on any atom is -0.338 e. The van der Waals surface area contributed by atoms with Crippen LogP contribution in [-0.2, 0) is 6.54 Å². The largest absolute Gasteiger partial charge is 0.338 e. The van der Waals surface area contributed by atoms with Crippen molar-refractivity contribution in [2.45, 2.75) is 45.7 Å². The Morgan fingerprint density at radius 1 is 1.18 bits per heavy atom. The van der Waals surface area contributed by atoms with E-state index in [-0.39, 0.29) is 5.91 Å². The van der Waals surface area contributed by atoms with E-state index in [1.54, 1.807) is 0 Å². The Morgan fingerprint density at radius 2 is 1.96 bits per heavy atom. The van der Waals surface area contributed by atoms with Gasteiger partial charge in [-0.1, -0.05) is 29.7 Å². The topological polar surface area (TPSA) is 36.4 Å². The number of benzene rings is 1. The number of carbonyl (C=O) groups excluding carboxylic acids is 1. The Balaban J connectivity index is 1.47. The molecule has 1 saturated carbocycles. The van der Waals surface area contributed by atoms with Gasteiger partial charge in [0.1, 0.15) is 0 Å². The Morgan fingerprint density at radius 3 is 2.68 bits per heavy atom. The second-order valence-electron chi connectivity index (χ2n) is 8.79. The molecule has 4 nitrogen and oxygen atoms in total. The fraction of sp³-hybridized carbons (Fsp3) is 0.500. The number of nitrogens with zero attached hydrogens (tertiary/aromatic N) is 3. The summed E-state index contributed by atoms with van der Waals surface area (Å²) in [5.41, 5.74) is 4.42. The summed E-state index contributed by atoms with van der Waals surface area (Å²) >= 11 is 0. The predicted molar refractivity (Wildman–Crippen MR) is 112 cm³/mol. The first-order valence-electron chi connectivity index (χ1n) is 10.5. The van der Waals surface area contributed by atoms with Gasteiger partial charge in [0.05, 0.1) is 0 Å². The molecule has 4 heteroatoms. The molecule has 2 aromatic rings. The third-order valence-corrected chi connectivity index (χ3v) is 6.54. The first-order chi connectivity index (χ1) is 13.5. The number of aromatic nitrogens is 1. The number of hydrogen-bond donors (Lipinski definition) is 0. The van der Waals surface area contributed by atoms with E-state index in [9.17, 15) is 4.79 Å². The number of aryl methyl sites for hydroxylation is 2. The first kappa shape index (κ1) is 19.1. The van der Waals surface area contributed by atoms with Crippen LogP contribution in [0.25, 0.3) is 0 Å². The number of hydrogen-bond acceptors (Lipinski definition) is 3. The zero-order valence-electron chi connectivity index (χ0n) is 17.3. The fourth-order valence-corrected chi connectivity index (χ4v) is 5.33. The zero-order valence-corrected chi connectivity index (χ0v) is 17.3. The molecule has 3 atom stereocenters. The lowest BCUT2D eigenvalue weighted by Crippen LogP contribution is -2.43. The third kappa shape index (κ3) is 3.97. The molecule has 1 saturated heterocycles. The quantitative estimate of drug-likeness (QED) is 0.806. The van der Waals surface area contributed by atoms with Crippen LogP contribution in [0.3, 0.4) is 0 Å². The SMILES string of the molecule is Cc1cc(C)cc(C(=O)N2CC3CCCC(N(C)Cc4cccnc4)C3C2)c1. The molecule has 0 radical (unpaired) electrons. The molecule has 2 aliphatic rings. The van der Waals surface area contributed by atoms with Crippen molar-refractivity contribution in [3.63, 3.8) is 0 Å². The monoisotopic (exact) mass is 377 g/mol. The summed E-state index contributed by atoms with van der Waals surface area (Å²) in [7, 11) is 2.23. The van der Waals surface area contributed by atoms with Crippen molar-refractivity contribution in [2.24, 2.45) is 11.8 Å². The molecule has 1 aliphatic heterocycles. The van der Waals surface area contributed by atoms with Gasteiger partial charge in [0, 0.05) is 43.6 Å². The number of amides is 1. The molecule has 1 amide bonds. The summed E-state index contributed by atoms with van der Waals surface area (Å²) < 4.78 is 0. The van der Waals surface area contributed by atoms with Crippen molar-refractivity contribution < 1.29 is 4.79 Å². The van der Waals surface area contributed by atoms with Gasteiger partial charge in [-0.3, -0.25) is 14.7 Å². The fourth-order valence-electron chi connectivity index (χ4n) is 5.33. The number of carbonyl (C=O) groups is 1. The Kier molecular flexibility index (Phi) is 5.49. The highest BCUT2D eigenvalue weighted by Gasteiger charge is 2.43. The second-order valence-corrected chi connectivity index (χ2v) is 8.79. The number of pyridine rings is 1. The van der Waals surface area contributed by atoms with E-state index in [1.165, 1.54) is 24.8 Å². The number of likely N-dealkylation sites (tertiary alicyclic amines) is 1. The van der Waals surface area contributed by atoms with Crippen molar-refractivity contribution in [3.05, 3.63) is 65.0 Å². The van der Waals surface area contributed by atoms with Crippen LogP contribution < -0.4 is 0 Å². The summed E-state index contributed by atoms with van der Waals surface area (Å²) in [6, 6.07) is 10.9. The van der Waals surface area contributed by atoms with Gasteiger partial charge in [0.15, 0.2) is 0 Å².